The van der Waals surface area contributed by atoms with E-state index in [9.17, 15) is 13.5 Å². The fraction of sp³-hybridized carbons (Fsp3) is 0.692. The molecule has 7 heteroatoms. The summed E-state index contributed by atoms with van der Waals surface area (Å²) in [5, 5.41) is 9.68. The summed E-state index contributed by atoms with van der Waals surface area (Å²) in [7, 11) is -3.63. The Morgan fingerprint density at radius 1 is 1.60 bits per heavy atom. The lowest BCUT2D eigenvalue weighted by molar-refractivity contribution is 0.120. The molecule has 0 amide bonds. The van der Waals surface area contributed by atoms with Crippen LogP contribution in [0.2, 0.25) is 4.34 Å². The predicted molar refractivity (Wildman–Crippen MR) is 81.8 cm³/mol. The molecule has 1 aliphatic rings. The standard InChI is InChI=1S/C13H20ClNO3S2/c1-9-4-3-5-13(7-9,8-16)15-20(17,18)11-6-10(2)12(14)19-11/h6,9,15-16H,3-5,7-8H2,1-2H3. The highest BCUT2D eigenvalue weighted by atomic mass is 35.5. The van der Waals surface area contributed by atoms with E-state index >= 15 is 0 Å². The number of nitrogens with one attached hydrogen (secondary N) is 1. The maximum atomic E-state index is 12.5. The molecule has 20 heavy (non-hydrogen) atoms. The van der Waals surface area contributed by atoms with Crippen molar-refractivity contribution in [2.75, 3.05) is 6.61 Å². The molecule has 114 valence electrons. The van der Waals surface area contributed by atoms with E-state index in [4.69, 9.17) is 11.6 Å². The van der Waals surface area contributed by atoms with Crippen LogP contribution in [-0.2, 0) is 10.0 Å². The van der Waals surface area contributed by atoms with Crippen LogP contribution < -0.4 is 4.72 Å². The molecule has 1 aromatic heterocycles. The van der Waals surface area contributed by atoms with Crippen LogP contribution in [0.1, 0.15) is 38.2 Å². The lowest BCUT2D eigenvalue weighted by Gasteiger charge is -2.38. The van der Waals surface area contributed by atoms with Gasteiger partial charge in [-0.1, -0.05) is 31.4 Å². The summed E-state index contributed by atoms with van der Waals surface area (Å²) >= 11 is 7.00. The normalized spacial score (nSPS) is 27.7. The summed E-state index contributed by atoms with van der Waals surface area (Å²) in [4.78, 5) is 0. The second kappa shape index (κ2) is 5.93. The van der Waals surface area contributed by atoms with Crippen molar-refractivity contribution < 1.29 is 13.5 Å². The molecule has 0 bridgehead atoms. The molecule has 2 rings (SSSR count). The summed E-state index contributed by atoms with van der Waals surface area (Å²) in [6.45, 7) is 3.70. The second-order valence-corrected chi connectivity index (χ2v) is 9.33. The maximum Gasteiger partial charge on any atom is 0.250 e. The SMILES string of the molecule is Cc1cc(S(=O)(=O)NC2(CO)CCCC(C)C2)sc1Cl. The minimum Gasteiger partial charge on any atom is -0.394 e. The molecule has 2 unspecified atom stereocenters. The fourth-order valence-electron chi connectivity index (χ4n) is 2.83. The van der Waals surface area contributed by atoms with Crippen molar-refractivity contribution in [1.29, 1.82) is 0 Å². The molecule has 0 saturated heterocycles. The van der Waals surface area contributed by atoms with Gasteiger partial charge in [0.15, 0.2) is 0 Å². The molecule has 0 spiro atoms. The fourth-order valence-corrected chi connectivity index (χ4v) is 5.97. The van der Waals surface area contributed by atoms with Gasteiger partial charge in [0.1, 0.15) is 4.21 Å². The van der Waals surface area contributed by atoms with Gasteiger partial charge in [-0.3, -0.25) is 0 Å². The third kappa shape index (κ3) is 3.36. The average molecular weight is 338 g/mol. The Morgan fingerprint density at radius 3 is 2.80 bits per heavy atom. The van der Waals surface area contributed by atoms with Crippen LogP contribution in [0.5, 0.6) is 0 Å². The maximum absolute atomic E-state index is 12.5. The van der Waals surface area contributed by atoms with E-state index < -0.39 is 15.6 Å². The van der Waals surface area contributed by atoms with Crippen LogP contribution in [0.15, 0.2) is 10.3 Å². The van der Waals surface area contributed by atoms with Crippen molar-refractivity contribution in [3.63, 3.8) is 0 Å². The van der Waals surface area contributed by atoms with Crippen LogP contribution in [0.25, 0.3) is 0 Å². The Balaban J connectivity index is 2.26. The van der Waals surface area contributed by atoms with Crippen molar-refractivity contribution in [1.82, 2.24) is 4.72 Å². The minimum absolute atomic E-state index is 0.172. The van der Waals surface area contributed by atoms with Gasteiger partial charge >= 0.3 is 0 Å². The van der Waals surface area contributed by atoms with Gasteiger partial charge in [0.25, 0.3) is 10.0 Å². The first kappa shape index (κ1) is 16.2. The number of aliphatic hydroxyl groups is 1. The number of thiophene rings is 1. The Labute approximate surface area is 129 Å². The highest BCUT2D eigenvalue weighted by Crippen LogP contribution is 2.35. The number of aryl methyl sites for hydroxylation is 1. The Morgan fingerprint density at radius 2 is 2.30 bits per heavy atom. The van der Waals surface area contributed by atoms with Crippen LogP contribution in [0.4, 0.5) is 0 Å². The number of hydrogen-bond donors (Lipinski definition) is 2. The molecule has 2 N–H and O–H groups in total. The zero-order valence-corrected chi connectivity index (χ0v) is 14.0. The van der Waals surface area contributed by atoms with Gasteiger partial charge in [-0.05, 0) is 37.3 Å². The van der Waals surface area contributed by atoms with Gasteiger partial charge in [-0.15, -0.1) is 11.3 Å². The molecule has 4 nitrogen and oxygen atoms in total. The van der Waals surface area contributed by atoms with Gasteiger partial charge in [-0.2, -0.15) is 0 Å². The first-order valence-electron chi connectivity index (χ1n) is 6.69. The quantitative estimate of drug-likeness (QED) is 0.887. The second-order valence-electron chi connectivity index (χ2n) is 5.77. The van der Waals surface area contributed by atoms with Gasteiger partial charge in [0.2, 0.25) is 0 Å². The van der Waals surface area contributed by atoms with Gasteiger partial charge in [-0.25, -0.2) is 13.1 Å². The van der Waals surface area contributed by atoms with E-state index in [1.54, 1.807) is 13.0 Å². The summed E-state index contributed by atoms with van der Waals surface area (Å²) in [6.07, 6.45) is 3.34. The first-order chi connectivity index (χ1) is 9.28. The number of hydrogen-bond acceptors (Lipinski definition) is 4. The highest BCUT2D eigenvalue weighted by molar-refractivity contribution is 7.91. The van der Waals surface area contributed by atoms with Crippen LogP contribution in [0.3, 0.4) is 0 Å². The molecule has 1 aliphatic carbocycles. The zero-order valence-electron chi connectivity index (χ0n) is 11.6. The predicted octanol–water partition coefficient (Wildman–Crippen LogP) is 2.93. The van der Waals surface area contributed by atoms with E-state index in [0.29, 0.717) is 23.1 Å². The molecule has 1 saturated carbocycles. The molecule has 0 aromatic carbocycles. The number of halogens is 1. The van der Waals surface area contributed by atoms with Crippen molar-refractivity contribution in [2.24, 2.45) is 5.92 Å². The summed E-state index contributed by atoms with van der Waals surface area (Å²) in [5.41, 5.74) is 0.0213. The lowest BCUT2D eigenvalue weighted by atomic mass is 9.78. The molecule has 1 fully saturated rings. The smallest absolute Gasteiger partial charge is 0.250 e. The number of sulfonamides is 1. The highest BCUT2D eigenvalue weighted by Gasteiger charge is 2.38. The van der Waals surface area contributed by atoms with E-state index in [-0.39, 0.29) is 10.8 Å². The summed E-state index contributed by atoms with van der Waals surface area (Å²) in [6, 6.07) is 1.58. The van der Waals surface area contributed by atoms with E-state index in [2.05, 4.69) is 11.6 Å². The first-order valence-corrected chi connectivity index (χ1v) is 9.36. The molecule has 1 heterocycles. The van der Waals surface area contributed by atoms with Crippen molar-refractivity contribution >= 4 is 33.0 Å². The van der Waals surface area contributed by atoms with Gasteiger partial charge < -0.3 is 5.11 Å². The molecule has 1 aromatic rings. The Bertz CT molecular complexity index is 565. The summed E-state index contributed by atoms with van der Waals surface area (Å²) < 4.78 is 28.4. The van der Waals surface area contributed by atoms with Crippen molar-refractivity contribution in [3.05, 3.63) is 16.0 Å². The number of aliphatic hydroxyl groups excluding tert-OH is 1. The van der Waals surface area contributed by atoms with Crippen LogP contribution in [-0.4, -0.2) is 25.7 Å². The molecular weight excluding hydrogens is 318 g/mol. The lowest BCUT2D eigenvalue weighted by Crippen LogP contribution is -2.53. The van der Waals surface area contributed by atoms with Crippen molar-refractivity contribution in [2.45, 2.75) is 49.3 Å². The van der Waals surface area contributed by atoms with Gasteiger partial charge in [0.05, 0.1) is 16.5 Å². The Kier molecular flexibility index (Phi) is 4.81. The molecule has 2 atom stereocenters. The minimum atomic E-state index is -3.63. The van der Waals surface area contributed by atoms with Crippen LogP contribution in [0, 0.1) is 12.8 Å². The monoisotopic (exact) mass is 337 g/mol. The third-order valence-corrected chi connectivity index (χ3v) is 7.45. The summed E-state index contributed by atoms with van der Waals surface area (Å²) in [5.74, 6) is 0.409. The average Bonchev–Trinajstić information content (AvgIpc) is 2.70. The largest absolute Gasteiger partial charge is 0.394 e. The van der Waals surface area contributed by atoms with Crippen LogP contribution >= 0.6 is 22.9 Å². The topological polar surface area (TPSA) is 66.4 Å². The van der Waals surface area contributed by atoms with E-state index in [1.807, 2.05) is 0 Å². The number of rotatable bonds is 4. The van der Waals surface area contributed by atoms with Gasteiger partial charge in [0, 0.05) is 0 Å². The Hall–Kier alpha value is -0.140. The third-order valence-electron chi connectivity index (χ3n) is 3.84. The molecule has 0 radical (unpaired) electrons. The van der Waals surface area contributed by atoms with Crippen molar-refractivity contribution in [3.8, 4) is 0 Å². The van der Waals surface area contributed by atoms with E-state index in [0.717, 1.165) is 29.7 Å². The zero-order chi connectivity index (χ0) is 15.0. The molecule has 0 aliphatic heterocycles. The van der Waals surface area contributed by atoms with E-state index in [1.165, 1.54) is 0 Å². The molecular formula is C13H20ClNO3S2.